The van der Waals surface area contributed by atoms with Crippen LogP contribution in [0.5, 0.6) is 0 Å². The van der Waals surface area contributed by atoms with Crippen molar-refractivity contribution in [3.8, 4) is 0 Å². The summed E-state index contributed by atoms with van der Waals surface area (Å²) in [5, 5.41) is 0. The van der Waals surface area contributed by atoms with Crippen molar-refractivity contribution in [3.63, 3.8) is 0 Å². The lowest BCUT2D eigenvalue weighted by Crippen LogP contribution is -2.51. The smallest absolute Gasteiger partial charge is 0.257 e. The largest absolute Gasteiger partial charge is 0.377 e. The molecule has 0 aliphatic carbocycles. The first-order valence-corrected chi connectivity index (χ1v) is 8.01. The van der Waals surface area contributed by atoms with Crippen LogP contribution in [0.2, 0.25) is 0 Å². The highest BCUT2D eigenvalue weighted by Crippen LogP contribution is 2.26. The van der Waals surface area contributed by atoms with E-state index in [2.05, 4.69) is 36.2 Å². The van der Waals surface area contributed by atoms with Crippen LogP contribution in [0.3, 0.4) is 0 Å². The summed E-state index contributed by atoms with van der Waals surface area (Å²) in [5.41, 5.74) is 4.33. The molecule has 0 unspecified atom stereocenters. The van der Waals surface area contributed by atoms with Crippen molar-refractivity contribution in [1.29, 1.82) is 0 Å². The summed E-state index contributed by atoms with van der Waals surface area (Å²) in [4.78, 5) is 20.7. The van der Waals surface area contributed by atoms with Gasteiger partial charge >= 0.3 is 0 Å². The van der Waals surface area contributed by atoms with E-state index in [-0.39, 0.29) is 5.91 Å². The lowest BCUT2D eigenvalue weighted by molar-refractivity contribution is 0.0501. The number of nitrogens with zero attached hydrogens (tertiary/aromatic N) is 3. The number of pyridine rings is 1. The number of benzene rings is 1. The van der Waals surface area contributed by atoms with Crippen molar-refractivity contribution in [1.82, 2.24) is 9.88 Å². The van der Waals surface area contributed by atoms with Gasteiger partial charge in [0.05, 0.1) is 11.3 Å². The van der Waals surface area contributed by atoms with E-state index in [1.54, 1.807) is 12.4 Å². The summed E-state index contributed by atoms with van der Waals surface area (Å²) >= 11 is 0. The first-order valence-electron chi connectivity index (χ1n) is 8.01. The molecular formula is C19H23N3O. The number of carbonyl (C=O) groups is 1. The van der Waals surface area contributed by atoms with Crippen molar-refractivity contribution in [2.24, 2.45) is 5.92 Å². The van der Waals surface area contributed by atoms with Gasteiger partial charge in [-0.05, 0) is 36.5 Å². The second-order valence-corrected chi connectivity index (χ2v) is 6.49. The van der Waals surface area contributed by atoms with Crippen molar-refractivity contribution in [3.05, 3.63) is 59.4 Å². The third-order valence-corrected chi connectivity index (χ3v) is 4.52. The number of rotatable bonds is 4. The predicted molar refractivity (Wildman–Crippen MR) is 92.8 cm³/mol. The van der Waals surface area contributed by atoms with Crippen LogP contribution in [0.25, 0.3) is 0 Å². The minimum absolute atomic E-state index is 0.0860. The number of anilines is 1. The first kappa shape index (κ1) is 15.5. The fraction of sp³-hybridized carbons (Fsp3) is 0.368. The summed E-state index contributed by atoms with van der Waals surface area (Å²) in [7, 11) is 3.90. The quantitative estimate of drug-likeness (QED) is 0.871. The summed E-state index contributed by atoms with van der Waals surface area (Å²) in [6, 6.07) is 10.4. The lowest BCUT2D eigenvalue weighted by atomic mass is 9.90. The molecule has 0 spiro atoms. The zero-order chi connectivity index (χ0) is 16.4. The van der Waals surface area contributed by atoms with Crippen molar-refractivity contribution >= 4 is 11.6 Å². The van der Waals surface area contributed by atoms with Gasteiger partial charge in [0.2, 0.25) is 0 Å². The molecule has 1 aromatic heterocycles. The molecule has 0 atom stereocenters. The molecule has 0 radical (unpaired) electrons. The Labute approximate surface area is 137 Å². The van der Waals surface area contributed by atoms with Crippen LogP contribution in [-0.2, 0) is 6.42 Å². The maximum absolute atomic E-state index is 12.7. The molecule has 0 N–H and O–H groups in total. The molecule has 4 nitrogen and oxygen atoms in total. The number of amides is 1. The number of aryl methyl sites for hydroxylation is 1. The Hall–Kier alpha value is -2.36. The molecule has 1 aliphatic heterocycles. The van der Waals surface area contributed by atoms with Crippen LogP contribution < -0.4 is 4.90 Å². The highest BCUT2D eigenvalue weighted by Gasteiger charge is 2.32. The molecule has 1 saturated heterocycles. The van der Waals surface area contributed by atoms with Gasteiger partial charge in [0.1, 0.15) is 0 Å². The van der Waals surface area contributed by atoms with Crippen LogP contribution >= 0.6 is 0 Å². The number of hydrogen-bond acceptors (Lipinski definition) is 3. The average molecular weight is 309 g/mol. The topological polar surface area (TPSA) is 36.4 Å². The van der Waals surface area contributed by atoms with Crippen LogP contribution in [0.1, 0.15) is 21.5 Å². The van der Waals surface area contributed by atoms with Gasteiger partial charge < -0.3 is 9.80 Å². The highest BCUT2D eigenvalue weighted by molar-refractivity contribution is 5.99. The van der Waals surface area contributed by atoms with Gasteiger partial charge in [-0.3, -0.25) is 9.78 Å². The van der Waals surface area contributed by atoms with Gasteiger partial charge in [-0.2, -0.15) is 0 Å². The molecule has 1 aromatic carbocycles. The second-order valence-electron chi connectivity index (χ2n) is 6.49. The third kappa shape index (κ3) is 3.21. The number of likely N-dealkylation sites (tertiary alicyclic amines) is 1. The van der Waals surface area contributed by atoms with E-state index in [0.717, 1.165) is 25.2 Å². The van der Waals surface area contributed by atoms with Gasteiger partial charge in [0.25, 0.3) is 5.91 Å². The van der Waals surface area contributed by atoms with E-state index in [4.69, 9.17) is 0 Å². The van der Waals surface area contributed by atoms with Crippen LogP contribution in [0.15, 0.2) is 42.7 Å². The highest BCUT2D eigenvalue weighted by atomic mass is 16.2. The Morgan fingerprint density at radius 3 is 2.70 bits per heavy atom. The third-order valence-electron chi connectivity index (χ3n) is 4.52. The minimum Gasteiger partial charge on any atom is -0.377 e. The fourth-order valence-electron chi connectivity index (χ4n) is 3.13. The maximum atomic E-state index is 12.7. The number of carbonyl (C=O) groups excluding carboxylic acids is 1. The predicted octanol–water partition coefficient (Wildman–Crippen LogP) is 2.77. The standard InChI is InChI=1S/C19H23N3O/c1-14-6-4-5-7-16(14)10-15-12-22(13-15)19(23)17-11-20-9-8-18(17)21(2)3/h4-9,11,15H,10,12-13H2,1-3H3. The Morgan fingerprint density at radius 1 is 1.26 bits per heavy atom. The zero-order valence-corrected chi connectivity index (χ0v) is 14.0. The van der Waals surface area contributed by atoms with Crippen molar-refractivity contribution < 1.29 is 4.79 Å². The summed E-state index contributed by atoms with van der Waals surface area (Å²) in [5.74, 6) is 0.641. The Bertz CT molecular complexity index is 705. The number of aromatic nitrogens is 1. The normalized spacial score (nSPS) is 14.5. The van der Waals surface area contributed by atoms with Crippen molar-refractivity contribution in [2.45, 2.75) is 13.3 Å². The van der Waals surface area contributed by atoms with E-state index in [1.807, 2.05) is 30.0 Å². The van der Waals surface area contributed by atoms with Gasteiger partial charge in [-0.1, -0.05) is 24.3 Å². The SMILES string of the molecule is Cc1ccccc1CC1CN(C(=O)c2cnccc2N(C)C)C1. The van der Waals surface area contributed by atoms with Crippen LogP contribution in [0.4, 0.5) is 5.69 Å². The average Bonchev–Trinajstić information content (AvgIpc) is 2.51. The van der Waals surface area contributed by atoms with E-state index >= 15 is 0 Å². The molecule has 0 bridgehead atoms. The van der Waals surface area contributed by atoms with E-state index in [0.29, 0.717) is 11.5 Å². The van der Waals surface area contributed by atoms with Gasteiger partial charge in [-0.25, -0.2) is 0 Å². The molecule has 1 fully saturated rings. The lowest BCUT2D eigenvalue weighted by Gasteiger charge is -2.40. The molecule has 1 amide bonds. The van der Waals surface area contributed by atoms with E-state index < -0.39 is 0 Å². The van der Waals surface area contributed by atoms with Gasteiger partial charge in [0, 0.05) is 39.6 Å². The van der Waals surface area contributed by atoms with Gasteiger partial charge in [-0.15, -0.1) is 0 Å². The Kier molecular flexibility index (Phi) is 4.33. The Morgan fingerprint density at radius 2 is 2.00 bits per heavy atom. The molecule has 2 aromatic rings. The molecule has 4 heteroatoms. The molecular weight excluding hydrogens is 286 g/mol. The Balaban J connectivity index is 1.64. The summed E-state index contributed by atoms with van der Waals surface area (Å²) < 4.78 is 0. The minimum atomic E-state index is 0.0860. The first-order chi connectivity index (χ1) is 11.1. The zero-order valence-electron chi connectivity index (χ0n) is 14.0. The molecule has 23 heavy (non-hydrogen) atoms. The molecule has 1 aliphatic rings. The molecule has 120 valence electrons. The van der Waals surface area contributed by atoms with E-state index in [1.165, 1.54) is 11.1 Å². The molecule has 3 rings (SSSR count). The summed E-state index contributed by atoms with van der Waals surface area (Å²) in [6.07, 6.45) is 4.44. The maximum Gasteiger partial charge on any atom is 0.257 e. The molecule has 2 heterocycles. The summed E-state index contributed by atoms with van der Waals surface area (Å²) in [6.45, 7) is 3.81. The monoisotopic (exact) mass is 309 g/mol. The van der Waals surface area contributed by atoms with Crippen LogP contribution in [0, 0.1) is 12.8 Å². The fourth-order valence-corrected chi connectivity index (χ4v) is 3.13. The molecule has 0 saturated carbocycles. The van der Waals surface area contributed by atoms with Gasteiger partial charge in [0.15, 0.2) is 0 Å². The van der Waals surface area contributed by atoms with Crippen molar-refractivity contribution in [2.75, 3.05) is 32.1 Å². The second kappa shape index (κ2) is 6.41. The van der Waals surface area contributed by atoms with E-state index in [9.17, 15) is 4.79 Å². The van der Waals surface area contributed by atoms with Crippen LogP contribution in [-0.4, -0.2) is 43.0 Å². The number of hydrogen-bond donors (Lipinski definition) is 0.